The fraction of sp³-hybridized carbons (Fsp3) is 0.417. The number of nitrogens with one attached hydrogen (secondary N) is 4. The third-order valence-electron chi connectivity index (χ3n) is 2.94. The van der Waals surface area contributed by atoms with Crippen LogP contribution in [0.25, 0.3) is 0 Å². The zero-order valence-electron chi connectivity index (χ0n) is 11.9. The van der Waals surface area contributed by atoms with Gasteiger partial charge in [-0.2, -0.15) is 10.2 Å². The highest BCUT2D eigenvalue weighted by atomic mass is 16.1. The van der Waals surface area contributed by atoms with Gasteiger partial charge in [0, 0.05) is 29.6 Å². The average molecular weight is 264 g/mol. The summed E-state index contributed by atoms with van der Waals surface area (Å²) in [6, 6.07) is 0. The third-order valence-corrected chi connectivity index (χ3v) is 2.94. The van der Waals surface area contributed by atoms with E-state index < -0.39 is 0 Å². The molecule has 0 spiro atoms. The lowest BCUT2D eigenvalue weighted by Crippen LogP contribution is -1.95. The molecule has 0 aromatic carbocycles. The van der Waals surface area contributed by atoms with E-state index in [1.54, 1.807) is 0 Å². The molecule has 0 unspecified atom stereocenters. The molecule has 104 valence electrons. The van der Waals surface area contributed by atoms with E-state index in [1.807, 2.05) is 34.7 Å². The van der Waals surface area contributed by atoms with Crippen molar-refractivity contribution in [2.24, 2.45) is 0 Å². The first-order valence-electron chi connectivity index (χ1n) is 5.92. The Balaban J connectivity index is 0.000000191. The van der Waals surface area contributed by atoms with Crippen molar-refractivity contribution in [2.45, 2.75) is 27.7 Å². The van der Waals surface area contributed by atoms with E-state index >= 15 is 0 Å². The highest BCUT2D eigenvalue weighted by molar-refractivity contribution is 5.70. The van der Waals surface area contributed by atoms with Crippen molar-refractivity contribution in [1.82, 2.24) is 20.4 Å². The fourth-order valence-corrected chi connectivity index (χ4v) is 1.41. The van der Waals surface area contributed by atoms with Crippen LogP contribution in [0.15, 0.2) is 0 Å². The molecule has 0 aliphatic carbocycles. The number of nitrogens with zero attached hydrogens (tertiary/aromatic N) is 2. The van der Waals surface area contributed by atoms with E-state index in [-0.39, 0.29) is 0 Å². The molecule has 2 aromatic heterocycles. The van der Waals surface area contributed by atoms with E-state index in [9.17, 15) is 4.79 Å². The van der Waals surface area contributed by atoms with Crippen molar-refractivity contribution in [3.8, 4) is 0 Å². The number of rotatable bonds is 3. The number of hydrogen-bond donors (Lipinski definition) is 4. The summed E-state index contributed by atoms with van der Waals surface area (Å²) < 4.78 is 0. The molecule has 2 aromatic rings. The topological polar surface area (TPSA) is 98.5 Å². The first-order chi connectivity index (χ1) is 9.01. The predicted molar refractivity (Wildman–Crippen MR) is 75.4 cm³/mol. The van der Waals surface area contributed by atoms with E-state index in [2.05, 4.69) is 31.0 Å². The second-order valence-electron chi connectivity index (χ2n) is 4.16. The lowest BCUT2D eigenvalue weighted by atomic mass is 10.3. The minimum absolute atomic E-state index is 0.604. The van der Waals surface area contributed by atoms with E-state index in [1.165, 1.54) is 5.56 Å². The van der Waals surface area contributed by atoms with Crippen LogP contribution in [-0.4, -0.2) is 33.9 Å². The summed E-state index contributed by atoms with van der Waals surface area (Å²) in [6.45, 7) is 7.83. The zero-order valence-corrected chi connectivity index (χ0v) is 11.9. The number of anilines is 2. The van der Waals surface area contributed by atoms with E-state index in [0.717, 1.165) is 22.8 Å². The summed E-state index contributed by atoms with van der Waals surface area (Å²) in [6.07, 6.45) is 0.614. The average Bonchev–Trinajstić information content (AvgIpc) is 2.89. The van der Waals surface area contributed by atoms with Gasteiger partial charge >= 0.3 is 0 Å². The van der Waals surface area contributed by atoms with Crippen molar-refractivity contribution < 1.29 is 4.79 Å². The Labute approximate surface area is 112 Å². The van der Waals surface area contributed by atoms with Gasteiger partial charge < -0.3 is 10.6 Å². The Kier molecular flexibility index (Phi) is 5.11. The van der Waals surface area contributed by atoms with Gasteiger partial charge in [-0.1, -0.05) is 0 Å². The minimum Gasteiger partial charge on any atom is -0.371 e. The molecule has 4 N–H and O–H groups in total. The van der Waals surface area contributed by atoms with Crippen molar-refractivity contribution >= 4 is 18.0 Å². The molecule has 0 atom stereocenters. The SMILES string of the molecule is CNc1n[nH]c(C)c1C.Cc1[nH]nc(NC=O)c1C. The normalized spacial score (nSPS) is 9.53. The first kappa shape index (κ1) is 14.7. The van der Waals surface area contributed by atoms with Crippen LogP contribution in [0.2, 0.25) is 0 Å². The number of aromatic nitrogens is 4. The Morgan fingerprint density at radius 1 is 0.947 bits per heavy atom. The summed E-state index contributed by atoms with van der Waals surface area (Å²) in [7, 11) is 1.86. The molecule has 0 saturated heterocycles. The fourth-order valence-electron chi connectivity index (χ4n) is 1.41. The number of aryl methyl sites for hydroxylation is 2. The number of amides is 1. The highest BCUT2D eigenvalue weighted by Gasteiger charge is 2.02. The van der Waals surface area contributed by atoms with Gasteiger partial charge in [0.15, 0.2) is 11.6 Å². The molecule has 7 heteroatoms. The van der Waals surface area contributed by atoms with Crippen LogP contribution in [0.4, 0.5) is 11.6 Å². The molecule has 19 heavy (non-hydrogen) atoms. The maximum atomic E-state index is 9.97. The van der Waals surface area contributed by atoms with Gasteiger partial charge in [-0.05, 0) is 27.7 Å². The van der Waals surface area contributed by atoms with Gasteiger partial charge in [0.1, 0.15) is 0 Å². The van der Waals surface area contributed by atoms with Gasteiger partial charge in [0.2, 0.25) is 6.41 Å². The summed E-state index contributed by atoms with van der Waals surface area (Å²) in [5.74, 6) is 1.54. The van der Waals surface area contributed by atoms with Crippen LogP contribution in [-0.2, 0) is 4.79 Å². The Bertz CT molecular complexity index is 542. The second-order valence-corrected chi connectivity index (χ2v) is 4.16. The van der Waals surface area contributed by atoms with Crippen molar-refractivity contribution in [3.63, 3.8) is 0 Å². The lowest BCUT2D eigenvalue weighted by Gasteiger charge is -1.92. The van der Waals surface area contributed by atoms with Gasteiger partial charge in [0.25, 0.3) is 0 Å². The molecule has 2 heterocycles. The van der Waals surface area contributed by atoms with Crippen LogP contribution in [0.3, 0.4) is 0 Å². The van der Waals surface area contributed by atoms with Gasteiger partial charge in [-0.15, -0.1) is 0 Å². The second kappa shape index (κ2) is 6.58. The molecule has 0 fully saturated rings. The maximum Gasteiger partial charge on any atom is 0.212 e. The van der Waals surface area contributed by atoms with Gasteiger partial charge in [-0.3, -0.25) is 15.0 Å². The van der Waals surface area contributed by atoms with Crippen LogP contribution in [0.1, 0.15) is 22.5 Å². The molecule has 7 nitrogen and oxygen atoms in total. The standard InChI is InChI=1S/C6H9N3O.C6H11N3/c1-4-5(2)8-9-6(4)7-3-10;1-4-5(2)8-9-6(4)7-3/h3H,1-2H3,(H2,7,8,9,10);1-3H3,(H2,7,8,9). The largest absolute Gasteiger partial charge is 0.371 e. The molecule has 1 amide bonds. The van der Waals surface area contributed by atoms with Crippen molar-refractivity contribution in [1.29, 1.82) is 0 Å². The lowest BCUT2D eigenvalue weighted by molar-refractivity contribution is -0.105. The number of carbonyl (C=O) groups excluding carboxylic acids is 1. The van der Waals surface area contributed by atoms with Crippen LogP contribution < -0.4 is 10.6 Å². The van der Waals surface area contributed by atoms with Gasteiger partial charge in [-0.25, -0.2) is 0 Å². The van der Waals surface area contributed by atoms with Crippen molar-refractivity contribution in [3.05, 3.63) is 22.5 Å². The highest BCUT2D eigenvalue weighted by Crippen LogP contribution is 2.12. The number of aromatic amines is 2. The third kappa shape index (κ3) is 3.57. The summed E-state index contributed by atoms with van der Waals surface area (Å²) in [5.41, 5.74) is 4.27. The summed E-state index contributed by atoms with van der Waals surface area (Å²) >= 11 is 0. The smallest absolute Gasteiger partial charge is 0.212 e. The number of hydrogen-bond acceptors (Lipinski definition) is 4. The molecular weight excluding hydrogens is 244 g/mol. The van der Waals surface area contributed by atoms with Crippen LogP contribution in [0, 0.1) is 27.7 Å². The minimum atomic E-state index is 0.604. The first-order valence-corrected chi connectivity index (χ1v) is 5.92. The Hall–Kier alpha value is -2.31. The van der Waals surface area contributed by atoms with Crippen LogP contribution >= 0.6 is 0 Å². The molecule has 0 radical (unpaired) electrons. The molecule has 0 aliphatic heterocycles. The zero-order chi connectivity index (χ0) is 14.4. The number of H-pyrrole nitrogens is 2. The molecular formula is C12H20N6O. The monoisotopic (exact) mass is 264 g/mol. The van der Waals surface area contributed by atoms with E-state index in [0.29, 0.717) is 12.2 Å². The molecule has 2 rings (SSSR count). The molecule has 0 saturated carbocycles. The number of carbonyl (C=O) groups is 1. The Morgan fingerprint density at radius 2 is 1.42 bits per heavy atom. The van der Waals surface area contributed by atoms with Crippen molar-refractivity contribution in [2.75, 3.05) is 17.7 Å². The predicted octanol–water partition coefficient (Wildman–Crippen LogP) is 1.66. The van der Waals surface area contributed by atoms with E-state index in [4.69, 9.17) is 0 Å². The quantitative estimate of drug-likeness (QED) is 0.634. The van der Waals surface area contributed by atoms with Crippen LogP contribution in [0.5, 0.6) is 0 Å². The summed E-state index contributed by atoms with van der Waals surface area (Å²) in [4.78, 5) is 9.97. The maximum absolute atomic E-state index is 9.97. The Morgan fingerprint density at radius 3 is 1.68 bits per heavy atom. The molecule has 0 bridgehead atoms. The van der Waals surface area contributed by atoms with Gasteiger partial charge in [0.05, 0.1) is 0 Å². The summed E-state index contributed by atoms with van der Waals surface area (Å²) in [5, 5.41) is 18.9. The molecule has 0 aliphatic rings.